The summed E-state index contributed by atoms with van der Waals surface area (Å²) >= 11 is 0. The van der Waals surface area contributed by atoms with Crippen molar-refractivity contribution in [3.05, 3.63) is 71.4 Å². The van der Waals surface area contributed by atoms with Crippen molar-refractivity contribution in [2.24, 2.45) is 0 Å². The van der Waals surface area contributed by atoms with E-state index in [1.807, 2.05) is 25.1 Å². The molecule has 0 spiro atoms. The van der Waals surface area contributed by atoms with Crippen molar-refractivity contribution in [3.63, 3.8) is 0 Å². The van der Waals surface area contributed by atoms with Gasteiger partial charge in [0.1, 0.15) is 0 Å². The Morgan fingerprint density at radius 1 is 0.714 bits per heavy atom. The summed E-state index contributed by atoms with van der Waals surface area (Å²) in [5.74, 6) is 0. The molecular weight excluding hydrogens is 256 g/mol. The lowest BCUT2D eigenvalue weighted by molar-refractivity contribution is 0.908. The number of pyridine rings is 2. The SMILES string of the molecule is Cc1ccc2c(n1)-c1nc(-c3ccccc3)ccc1CC2. The van der Waals surface area contributed by atoms with Crippen molar-refractivity contribution >= 4 is 0 Å². The fourth-order valence-corrected chi connectivity index (χ4v) is 2.93. The number of fused-ring (bicyclic) bond motifs is 3. The zero-order valence-corrected chi connectivity index (χ0v) is 12.0. The van der Waals surface area contributed by atoms with E-state index >= 15 is 0 Å². The molecule has 0 saturated carbocycles. The molecule has 0 fully saturated rings. The van der Waals surface area contributed by atoms with Crippen molar-refractivity contribution in [3.8, 4) is 22.6 Å². The van der Waals surface area contributed by atoms with Gasteiger partial charge in [0.05, 0.1) is 17.1 Å². The highest BCUT2D eigenvalue weighted by Gasteiger charge is 2.19. The number of nitrogens with zero attached hydrogens (tertiary/aromatic N) is 2. The van der Waals surface area contributed by atoms with E-state index in [0.717, 1.165) is 41.2 Å². The van der Waals surface area contributed by atoms with Crippen LogP contribution >= 0.6 is 0 Å². The van der Waals surface area contributed by atoms with E-state index in [2.05, 4.69) is 36.4 Å². The molecule has 3 aromatic rings. The Morgan fingerprint density at radius 3 is 2.14 bits per heavy atom. The quantitative estimate of drug-likeness (QED) is 0.663. The van der Waals surface area contributed by atoms with Gasteiger partial charge in [0.2, 0.25) is 0 Å². The average molecular weight is 272 g/mol. The Hall–Kier alpha value is -2.48. The summed E-state index contributed by atoms with van der Waals surface area (Å²) in [6.07, 6.45) is 2.11. The molecule has 2 heteroatoms. The van der Waals surface area contributed by atoms with E-state index in [4.69, 9.17) is 9.97 Å². The average Bonchev–Trinajstić information content (AvgIpc) is 2.55. The van der Waals surface area contributed by atoms with Crippen LogP contribution in [-0.4, -0.2) is 9.97 Å². The van der Waals surface area contributed by atoms with Gasteiger partial charge in [-0.1, -0.05) is 42.5 Å². The highest BCUT2D eigenvalue weighted by Crippen LogP contribution is 2.32. The van der Waals surface area contributed by atoms with E-state index in [1.165, 1.54) is 11.1 Å². The van der Waals surface area contributed by atoms with Crippen molar-refractivity contribution in [2.75, 3.05) is 0 Å². The maximum Gasteiger partial charge on any atom is 0.0928 e. The molecule has 0 N–H and O–H groups in total. The second kappa shape index (κ2) is 4.81. The Morgan fingerprint density at radius 2 is 1.38 bits per heavy atom. The molecule has 2 heterocycles. The fourth-order valence-electron chi connectivity index (χ4n) is 2.93. The van der Waals surface area contributed by atoms with Crippen LogP contribution in [0, 0.1) is 6.92 Å². The fraction of sp³-hybridized carbons (Fsp3) is 0.158. The summed E-state index contributed by atoms with van der Waals surface area (Å²) in [6.45, 7) is 2.04. The highest BCUT2D eigenvalue weighted by molar-refractivity contribution is 5.70. The number of hydrogen-bond acceptors (Lipinski definition) is 2. The van der Waals surface area contributed by atoms with E-state index in [1.54, 1.807) is 0 Å². The lowest BCUT2D eigenvalue weighted by Gasteiger charge is -2.19. The predicted octanol–water partition coefficient (Wildman–Crippen LogP) is 4.22. The summed E-state index contributed by atoms with van der Waals surface area (Å²) < 4.78 is 0. The number of benzene rings is 1. The van der Waals surface area contributed by atoms with Gasteiger partial charge in [0.25, 0.3) is 0 Å². The maximum absolute atomic E-state index is 4.90. The molecule has 0 radical (unpaired) electrons. The lowest BCUT2D eigenvalue weighted by atomic mass is 9.92. The molecular formula is C19H16N2. The zero-order valence-electron chi connectivity index (χ0n) is 12.0. The zero-order chi connectivity index (χ0) is 14.2. The summed E-state index contributed by atoms with van der Waals surface area (Å²) in [5.41, 5.74) is 7.96. The molecule has 0 atom stereocenters. The number of rotatable bonds is 1. The lowest BCUT2D eigenvalue weighted by Crippen LogP contribution is -2.08. The van der Waals surface area contributed by atoms with E-state index in [0.29, 0.717) is 0 Å². The van der Waals surface area contributed by atoms with E-state index in [-0.39, 0.29) is 0 Å². The van der Waals surface area contributed by atoms with Gasteiger partial charge in [0, 0.05) is 11.3 Å². The van der Waals surface area contributed by atoms with Crippen LogP contribution < -0.4 is 0 Å². The molecule has 2 aromatic heterocycles. The first-order chi connectivity index (χ1) is 10.3. The molecule has 2 nitrogen and oxygen atoms in total. The third-order valence-electron chi connectivity index (χ3n) is 4.05. The largest absolute Gasteiger partial charge is 0.251 e. The van der Waals surface area contributed by atoms with E-state index in [9.17, 15) is 0 Å². The molecule has 1 aliphatic rings. The Bertz CT molecular complexity index is 807. The maximum atomic E-state index is 4.90. The van der Waals surface area contributed by atoms with Gasteiger partial charge in [0.15, 0.2) is 0 Å². The predicted molar refractivity (Wildman–Crippen MR) is 85.0 cm³/mol. The normalized spacial score (nSPS) is 12.6. The van der Waals surface area contributed by atoms with Crippen LogP contribution in [0.25, 0.3) is 22.6 Å². The number of aromatic nitrogens is 2. The molecule has 1 aliphatic carbocycles. The van der Waals surface area contributed by atoms with Crippen LogP contribution in [0.15, 0.2) is 54.6 Å². The molecule has 0 saturated heterocycles. The minimum Gasteiger partial charge on any atom is -0.251 e. The summed E-state index contributed by atoms with van der Waals surface area (Å²) in [5, 5.41) is 0. The molecule has 0 unspecified atom stereocenters. The standard InChI is InChI=1S/C19H16N2/c1-13-7-8-15-9-10-16-11-12-17(14-5-3-2-4-6-14)21-19(16)18(15)20-13/h2-8,11-12H,9-10H2,1H3. The van der Waals surface area contributed by atoms with Crippen LogP contribution in [0.4, 0.5) is 0 Å². The van der Waals surface area contributed by atoms with Crippen LogP contribution in [0.1, 0.15) is 16.8 Å². The minimum atomic E-state index is 1.02. The highest BCUT2D eigenvalue weighted by atomic mass is 14.8. The third kappa shape index (κ3) is 2.13. The number of aryl methyl sites for hydroxylation is 3. The first-order valence-corrected chi connectivity index (χ1v) is 7.33. The van der Waals surface area contributed by atoms with Crippen molar-refractivity contribution in [1.29, 1.82) is 0 Å². The van der Waals surface area contributed by atoms with Crippen LogP contribution in [-0.2, 0) is 12.8 Å². The van der Waals surface area contributed by atoms with Gasteiger partial charge in [-0.05, 0) is 43.0 Å². The third-order valence-corrected chi connectivity index (χ3v) is 4.05. The van der Waals surface area contributed by atoms with Gasteiger partial charge in [-0.2, -0.15) is 0 Å². The second-order valence-electron chi connectivity index (χ2n) is 5.53. The Labute approximate surface area is 124 Å². The molecule has 0 amide bonds. The van der Waals surface area contributed by atoms with Gasteiger partial charge in [-0.15, -0.1) is 0 Å². The first-order valence-electron chi connectivity index (χ1n) is 7.33. The Kier molecular flexibility index (Phi) is 2.81. The first kappa shape index (κ1) is 12.3. The molecule has 1 aromatic carbocycles. The van der Waals surface area contributed by atoms with Crippen molar-refractivity contribution in [1.82, 2.24) is 9.97 Å². The smallest absolute Gasteiger partial charge is 0.0928 e. The molecule has 21 heavy (non-hydrogen) atoms. The number of hydrogen-bond donors (Lipinski definition) is 0. The summed E-state index contributed by atoms with van der Waals surface area (Å²) in [4.78, 5) is 9.63. The van der Waals surface area contributed by atoms with Gasteiger partial charge in [-0.25, -0.2) is 4.98 Å². The van der Waals surface area contributed by atoms with Crippen LogP contribution in [0.3, 0.4) is 0 Å². The monoisotopic (exact) mass is 272 g/mol. The molecule has 0 bridgehead atoms. The van der Waals surface area contributed by atoms with Crippen molar-refractivity contribution < 1.29 is 0 Å². The molecule has 0 aliphatic heterocycles. The van der Waals surface area contributed by atoms with Crippen LogP contribution in [0.2, 0.25) is 0 Å². The van der Waals surface area contributed by atoms with Crippen LogP contribution in [0.5, 0.6) is 0 Å². The minimum absolute atomic E-state index is 1.02. The van der Waals surface area contributed by atoms with Gasteiger partial charge >= 0.3 is 0 Å². The van der Waals surface area contributed by atoms with Gasteiger partial charge < -0.3 is 0 Å². The summed E-state index contributed by atoms with van der Waals surface area (Å²) in [6, 6.07) is 18.9. The van der Waals surface area contributed by atoms with Gasteiger partial charge in [-0.3, -0.25) is 4.98 Å². The molecule has 4 rings (SSSR count). The summed E-state index contributed by atoms with van der Waals surface area (Å²) in [7, 11) is 0. The topological polar surface area (TPSA) is 25.8 Å². The van der Waals surface area contributed by atoms with Crippen molar-refractivity contribution in [2.45, 2.75) is 19.8 Å². The molecule has 102 valence electrons. The van der Waals surface area contributed by atoms with E-state index < -0.39 is 0 Å². The Balaban J connectivity index is 1.90. The second-order valence-corrected chi connectivity index (χ2v) is 5.53.